The third-order valence-corrected chi connectivity index (χ3v) is 4.05. The molecule has 14 heavy (non-hydrogen) atoms. The number of piperidine rings is 1. The summed E-state index contributed by atoms with van der Waals surface area (Å²) >= 11 is 0. The van der Waals surface area contributed by atoms with Gasteiger partial charge >= 0.3 is 0 Å². The molecule has 0 aromatic carbocycles. The second-order valence-corrected chi connectivity index (χ2v) is 5.57. The van der Waals surface area contributed by atoms with Gasteiger partial charge in [0.2, 0.25) is 0 Å². The molecule has 0 aromatic rings. The highest BCUT2D eigenvalue weighted by molar-refractivity contribution is 4.97. The summed E-state index contributed by atoms with van der Waals surface area (Å²) in [4.78, 5) is 2.49. The molecule has 2 saturated heterocycles. The minimum atomic E-state index is -0.322. The molecule has 2 fully saturated rings. The maximum absolute atomic E-state index is 10.6. The van der Waals surface area contributed by atoms with Crippen molar-refractivity contribution in [2.75, 3.05) is 19.6 Å². The number of hydrogen-bond donors (Lipinski definition) is 1. The minimum Gasteiger partial charge on any atom is -0.390 e. The third kappa shape index (κ3) is 1.96. The first kappa shape index (κ1) is 10.4. The van der Waals surface area contributed by atoms with E-state index in [1.54, 1.807) is 0 Å². The van der Waals surface area contributed by atoms with E-state index < -0.39 is 0 Å². The molecule has 3 atom stereocenters. The quantitative estimate of drug-likeness (QED) is 0.746. The third-order valence-electron chi connectivity index (χ3n) is 4.05. The molecule has 1 N–H and O–H groups in total. The number of hydrogen-bond acceptors (Lipinski definition) is 2. The Kier molecular flexibility index (Phi) is 2.85. The minimum absolute atomic E-state index is 0.322. The van der Waals surface area contributed by atoms with E-state index in [0.717, 1.165) is 31.8 Å². The Morgan fingerprint density at radius 1 is 1.43 bits per heavy atom. The van der Waals surface area contributed by atoms with Crippen molar-refractivity contribution < 1.29 is 5.11 Å². The summed E-state index contributed by atoms with van der Waals surface area (Å²) in [6.45, 7) is 7.97. The van der Waals surface area contributed by atoms with Crippen molar-refractivity contribution in [3.8, 4) is 0 Å². The molecule has 2 aliphatic rings. The lowest BCUT2D eigenvalue weighted by molar-refractivity contribution is -0.0542. The van der Waals surface area contributed by atoms with Crippen molar-refractivity contribution in [1.29, 1.82) is 0 Å². The fourth-order valence-electron chi connectivity index (χ4n) is 2.90. The molecule has 0 spiro atoms. The van der Waals surface area contributed by atoms with Gasteiger partial charge in [-0.05, 0) is 38.1 Å². The van der Waals surface area contributed by atoms with Crippen molar-refractivity contribution in [3.63, 3.8) is 0 Å². The average molecular weight is 197 g/mol. The van der Waals surface area contributed by atoms with Crippen LogP contribution in [0.5, 0.6) is 0 Å². The van der Waals surface area contributed by atoms with Gasteiger partial charge in [-0.15, -0.1) is 0 Å². The normalized spacial score (nSPS) is 42.0. The van der Waals surface area contributed by atoms with Crippen LogP contribution in [-0.2, 0) is 0 Å². The van der Waals surface area contributed by atoms with Crippen molar-refractivity contribution in [1.82, 2.24) is 4.90 Å². The Morgan fingerprint density at radius 3 is 2.93 bits per heavy atom. The SMILES string of the molecule is CC(C)CCC1(O)CCN2CCC1C2. The zero-order chi connectivity index (χ0) is 10.2. The Balaban J connectivity index is 1.93. The van der Waals surface area contributed by atoms with Crippen molar-refractivity contribution >= 4 is 0 Å². The largest absolute Gasteiger partial charge is 0.390 e. The molecule has 0 saturated carbocycles. The van der Waals surface area contributed by atoms with Crippen LogP contribution in [0.1, 0.15) is 39.5 Å². The van der Waals surface area contributed by atoms with E-state index in [0.29, 0.717) is 5.92 Å². The lowest BCUT2D eigenvalue weighted by Gasteiger charge is -2.39. The Labute approximate surface area is 87.3 Å². The summed E-state index contributed by atoms with van der Waals surface area (Å²) in [6.07, 6.45) is 4.41. The molecule has 0 aromatic heterocycles. The predicted octanol–water partition coefficient (Wildman–Crippen LogP) is 1.88. The molecular formula is C12H23NO. The highest BCUT2D eigenvalue weighted by atomic mass is 16.3. The summed E-state index contributed by atoms with van der Waals surface area (Å²) in [5, 5.41) is 10.6. The van der Waals surface area contributed by atoms with Gasteiger partial charge in [0.25, 0.3) is 0 Å². The van der Waals surface area contributed by atoms with Crippen LogP contribution < -0.4 is 0 Å². The molecule has 2 rings (SSSR count). The second-order valence-electron chi connectivity index (χ2n) is 5.57. The lowest BCUT2D eigenvalue weighted by Crippen LogP contribution is -2.46. The number of fused-ring (bicyclic) bond motifs is 2. The van der Waals surface area contributed by atoms with Gasteiger partial charge in [-0.3, -0.25) is 0 Å². The second kappa shape index (κ2) is 3.82. The topological polar surface area (TPSA) is 23.5 Å². The van der Waals surface area contributed by atoms with Crippen molar-refractivity contribution in [2.45, 2.75) is 45.1 Å². The van der Waals surface area contributed by atoms with Gasteiger partial charge in [0.15, 0.2) is 0 Å². The molecule has 2 heteroatoms. The molecule has 82 valence electrons. The van der Waals surface area contributed by atoms with E-state index in [2.05, 4.69) is 18.7 Å². The molecular weight excluding hydrogens is 174 g/mol. The molecule has 2 heterocycles. The Hall–Kier alpha value is -0.0800. The molecule has 0 radical (unpaired) electrons. The first-order valence-corrected chi connectivity index (χ1v) is 6.05. The van der Waals surface area contributed by atoms with E-state index in [-0.39, 0.29) is 5.60 Å². The van der Waals surface area contributed by atoms with E-state index in [9.17, 15) is 5.11 Å². The van der Waals surface area contributed by atoms with Gasteiger partial charge in [-0.2, -0.15) is 0 Å². The zero-order valence-corrected chi connectivity index (χ0v) is 9.50. The predicted molar refractivity (Wildman–Crippen MR) is 58.2 cm³/mol. The Bertz CT molecular complexity index is 204. The van der Waals surface area contributed by atoms with Crippen molar-refractivity contribution in [3.05, 3.63) is 0 Å². The molecule has 0 aliphatic carbocycles. The molecule has 2 nitrogen and oxygen atoms in total. The zero-order valence-electron chi connectivity index (χ0n) is 9.50. The van der Waals surface area contributed by atoms with Crippen LogP contribution in [-0.4, -0.2) is 35.2 Å². The van der Waals surface area contributed by atoms with Gasteiger partial charge in [0.05, 0.1) is 5.60 Å². The number of rotatable bonds is 3. The van der Waals surface area contributed by atoms with E-state index in [1.807, 2.05) is 0 Å². The van der Waals surface area contributed by atoms with Gasteiger partial charge in [0.1, 0.15) is 0 Å². The van der Waals surface area contributed by atoms with Gasteiger partial charge < -0.3 is 10.0 Å². The van der Waals surface area contributed by atoms with E-state index >= 15 is 0 Å². The Morgan fingerprint density at radius 2 is 2.21 bits per heavy atom. The van der Waals surface area contributed by atoms with E-state index in [1.165, 1.54) is 19.4 Å². The van der Waals surface area contributed by atoms with E-state index in [4.69, 9.17) is 0 Å². The van der Waals surface area contributed by atoms with Crippen LogP contribution >= 0.6 is 0 Å². The van der Waals surface area contributed by atoms with Crippen LogP contribution in [0.2, 0.25) is 0 Å². The van der Waals surface area contributed by atoms with Crippen molar-refractivity contribution in [2.24, 2.45) is 11.8 Å². The summed E-state index contributed by atoms with van der Waals surface area (Å²) in [7, 11) is 0. The lowest BCUT2D eigenvalue weighted by atomic mass is 9.78. The fraction of sp³-hybridized carbons (Fsp3) is 1.00. The summed E-state index contributed by atoms with van der Waals surface area (Å²) in [5.74, 6) is 1.29. The van der Waals surface area contributed by atoms with Crippen LogP contribution in [0.4, 0.5) is 0 Å². The average Bonchev–Trinajstić information content (AvgIpc) is 2.55. The maximum Gasteiger partial charge on any atom is 0.0700 e. The van der Waals surface area contributed by atoms with Gasteiger partial charge in [-0.25, -0.2) is 0 Å². The maximum atomic E-state index is 10.6. The first-order chi connectivity index (χ1) is 6.60. The summed E-state index contributed by atoms with van der Waals surface area (Å²) < 4.78 is 0. The van der Waals surface area contributed by atoms with Crippen LogP contribution in [0.3, 0.4) is 0 Å². The van der Waals surface area contributed by atoms with Crippen LogP contribution in [0.15, 0.2) is 0 Å². The molecule has 2 aliphatic heterocycles. The first-order valence-electron chi connectivity index (χ1n) is 6.05. The van der Waals surface area contributed by atoms with Gasteiger partial charge in [0, 0.05) is 19.0 Å². The van der Waals surface area contributed by atoms with Crippen LogP contribution in [0, 0.1) is 11.8 Å². The summed E-state index contributed by atoms with van der Waals surface area (Å²) in [6, 6.07) is 0. The van der Waals surface area contributed by atoms with Gasteiger partial charge in [-0.1, -0.05) is 13.8 Å². The fourth-order valence-corrected chi connectivity index (χ4v) is 2.90. The van der Waals surface area contributed by atoms with Crippen LogP contribution in [0.25, 0.3) is 0 Å². The smallest absolute Gasteiger partial charge is 0.0700 e. The highest BCUT2D eigenvalue weighted by Crippen LogP contribution is 2.38. The standard InChI is InChI=1S/C12H23NO/c1-10(2)3-5-12(14)6-8-13-7-4-11(12)9-13/h10-11,14H,3-9H2,1-2H3. The molecule has 2 bridgehead atoms. The number of nitrogens with zero attached hydrogens (tertiary/aromatic N) is 1. The molecule has 3 unspecified atom stereocenters. The highest BCUT2D eigenvalue weighted by Gasteiger charge is 2.44. The summed E-state index contributed by atoms with van der Waals surface area (Å²) in [5.41, 5.74) is -0.322. The molecule has 0 amide bonds. The number of aliphatic hydroxyl groups is 1. The monoisotopic (exact) mass is 197 g/mol.